The number of carbonyl (C=O) groups is 1. The molecule has 1 aromatic rings. The highest BCUT2D eigenvalue weighted by Crippen LogP contribution is 2.25. The van der Waals surface area contributed by atoms with Crippen LogP contribution < -0.4 is 11.5 Å². The van der Waals surface area contributed by atoms with E-state index in [-0.39, 0.29) is 22.3 Å². The van der Waals surface area contributed by atoms with Gasteiger partial charge in [0.1, 0.15) is 0 Å². The predicted octanol–water partition coefficient (Wildman–Crippen LogP) is 0.168. The zero-order valence-electron chi connectivity index (χ0n) is 13.7. The summed E-state index contributed by atoms with van der Waals surface area (Å²) in [6.07, 6.45) is 1.77. The van der Waals surface area contributed by atoms with Gasteiger partial charge in [0.15, 0.2) is 15.8 Å². The highest BCUT2D eigenvalue weighted by atomic mass is 32.2. The van der Waals surface area contributed by atoms with Crippen LogP contribution in [-0.4, -0.2) is 41.3 Å². The Morgan fingerprint density at radius 2 is 1.58 bits per heavy atom. The largest absolute Gasteiger partial charge is 0.370 e. The SMILES string of the molecule is CC(C)c1ccc(C(=O)OS(C)(=O)=O)cc1S(C)(=O)=O.N=C(N)N. The molecular formula is C13H21N3O6S2. The molecule has 24 heavy (non-hydrogen) atoms. The minimum atomic E-state index is -3.95. The van der Waals surface area contributed by atoms with Crippen molar-refractivity contribution in [1.29, 1.82) is 5.41 Å². The third kappa shape index (κ3) is 7.92. The number of nitrogens with two attached hydrogens (primary N) is 2. The molecule has 0 saturated heterocycles. The quantitative estimate of drug-likeness (QED) is 0.377. The average Bonchev–Trinajstić information content (AvgIpc) is 2.34. The van der Waals surface area contributed by atoms with Gasteiger partial charge in [0, 0.05) is 6.26 Å². The zero-order valence-corrected chi connectivity index (χ0v) is 15.4. The van der Waals surface area contributed by atoms with Crippen LogP contribution in [0.5, 0.6) is 0 Å². The van der Waals surface area contributed by atoms with E-state index in [1.165, 1.54) is 12.1 Å². The molecule has 0 atom stereocenters. The van der Waals surface area contributed by atoms with Crippen molar-refractivity contribution < 1.29 is 25.8 Å². The maximum absolute atomic E-state index is 11.7. The van der Waals surface area contributed by atoms with Gasteiger partial charge in [-0.2, -0.15) is 8.42 Å². The van der Waals surface area contributed by atoms with Gasteiger partial charge in [0.05, 0.1) is 16.7 Å². The molecule has 1 rings (SSSR count). The Bertz CT molecular complexity index is 825. The van der Waals surface area contributed by atoms with Crippen molar-refractivity contribution in [3.63, 3.8) is 0 Å². The van der Waals surface area contributed by atoms with Gasteiger partial charge < -0.3 is 15.7 Å². The lowest BCUT2D eigenvalue weighted by Crippen LogP contribution is -2.20. The molecule has 0 aliphatic heterocycles. The van der Waals surface area contributed by atoms with Crippen LogP contribution in [0.4, 0.5) is 0 Å². The first-order chi connectivity index (χ1) is 10.6. The van der Waals surface area contributed by atoms with Crippen molar-refractivity contribution in [3.05, 3.63) is 29.3 Å². The van der Waals surface area contributed by atoms with Crippen molar-refractivity contribution in [2.75, 3.05) is 12.5 Å². The van der Waals surface area contributed by atoms with Crippen LogP contribution in [0.2, 0.25) is 0 Å². The monoisotopic (exact) mass is 379 g/mol. The first-order valence-corrected chi connectivity index (χ1v) is 10.2. The number of hydrogen-bond acceptors (Lipinski definition) is 7. The van der Waals surface area contributed by atoms with Crippen LogP contribution in [0.25, 0.3) is 0 Å². The van der Waals surface area contributed by atoms with E-state index in [4.69, 9.17) is 5.41 Å². The van der Waals surface area contributed by atoms with Crippen molar-refractivity contribution in [2.24, 2.45) is 11.5 Å². The normalized spacial score (nSPS) is 11.4. The molecule has 0 radical (unpaired) electrons. The summed E-state index contributed by atoms with van der Waals surface area (Å²) in [7, 11) is -7.48. The maximum atomic E-state index is 11.7. The highest BCUT2D eigenvalue weighted by Gasteiger charge is 2.20. The fourth-order valence-corrected chi connectivity index (χ4v) is 3.09. The second-order valence-electron chi connectivity index (χ2n) is 5.21. The summed E-state index contributed by atoms with van der Waals surface area (Å²) in [5, 5.41) is 6.06. The second kappa shape index (κ2) is 8.11. The van der Waals surface area contributed by atoms with Crippen LogP contribution in [0.3, 0.4) is 0 Å². The number of nitrogens with one attached hydrogen (secondary N) is 1. The minimum absolute atomic E-state index is 0.00421. The lowest BCUT2D eigenvalue weighted by Gasteiger charge is -2.12. The lowest BCUT2D eigenvalue weighted by atomic mass is 10.0. The molecule has 9 nitrogen and oxygen atoms in total. The zero-order chi connectivity index (χ0) is 19.3. The van der Waals surface area contributed by atoms with E-state index in [0.29, 0.717) is 5.56 Å². The minimum Gasteiger partial charge on any atom is -0.370 e. The van der Waals surface area contributed by atoms with E-state index in [9.17, 15) is 21.6 Å². The molecular weight excluding hydrogens is 358 g/mol. The topological polar surface area (TPSA) is 170 Å². The Kier molecular flexibility index (Phi) is 7.38. The van der Waals surface area contributed by atoms with E-state index >= 15 is 0 Å². The lowest BCUT2D eigenvalue weighted by molar-refractivity contribution is 0.0748. The summed E-state index contributed by atoms with van der Waals surface area (Å²) in [5.74, 6) is -1.49. The third-order valence-corrected chi connectivity index (χ3v) is 4.10. The van der Waals surface area contributed by atoms with Gasteiger partial charge in [0.2, 0.25) is 0 Å². The molecule has 0 fully saturated rings. The number of guanidine groups is 1. The van der Waals surface area contributed by atoms with Crippen LogP contribution in [0.15, 0.2) is 23.1 Å². The fourth-order valence-electron chi connectivity index (χ4n) is 1.65. The number of rotatable bonds is 4. The molecule has 0 bridgehead atoms. The number of carbonyl (C=O) groups excluding carboxylic acids is 1. The van der Waals surface area contributed by atoms with Crippen LogP contribution in [-0.2, 0) is 24.1 Å². The van der Waals surface area contributed by atoms with Crippen molar-refractivity contribution >= 4 is 31.9 Å². The molecule has 136 valence electrons. The second-order valence-corrected chi connectivity index (χ2v) is 8.77. The maximum Gasteiger partial charge on any atom is 0.353 e. The van der Waals surface area contributed by atoms with Gasteiger partial charge in [-0.25, -0.2) is 13.2 Å². The number of sulfone groups is 1. The molecule has 5 N–H and O–H groups in total. The standard InChI is InChI=1S/C12H16O6S2.CH5N3/c1-8(2)10-6-5-9(7-11(10)19(3,14)15)12(13)18-20(4,16)17;2-1(3)4/h5-8H,1-4H3;(H5,2,3,4). The predicted molar refractivity (Wildman–Crippen MR) is 90.0 cm³/mol. The van der Waals surface area contributed by atoms with Gasteiger partial charge in [-0.15, -0.1) is 0 Å². The van der Waals surface area contributed by atoms with Gasteiger partial charge in [0.25, 0.3) is 0 Å². The van der Waals surface area contributed by atoms with E-state index in [0.717, 1.165) is 18.6 Å². The molecule has 0 saturated carbocycles. The first-order valence-electron chi connectivity index (χ1n) is 6.52. The molecule has 0 aromatic heterocycles. The molecule has 11 heteroatoms. The summed E-state index contributed by atoms with van der Waals surface area (Å²) in [5.41, 5.74) is 9.38. The van der Waals surface area contributed by atoms with Crippen molar-refractivity contribution in [3.8, 4) is 0 Å². The molecule has 0 amide bonds. The molecule has 0 heterocycles. The smallest absolute Gasteiger partial charge is 0.353 e. The summed E-state index contributed by atoms with van der Waals surface area (Å²) < 4.78 is 49.5. The average molecular weight is 379 g/mol. The summed E-state index contributed by atoms with van der Waals surface area (Å²) in [6.45, 7) is 3.64. The van der Waals surface area contributed by atoms with Crippen LogP contribution >= 0.6 is 0 Å². The van der Waals surface area contributed by atoms with E-state index < -0.39 is 25.9 Å². The molecule has 0 aliphatic carbocycles. The van der Waals surface area contributed by atoms with Gasteiger partial charge in [-0.3, -0.25) is 5.41 Å². The summed E-state index contributed by atoms with van der Waals surface area (Å²) in [6, 6.07) is 3.97. The van der Waals surface area contributed by atoms with Crippen molar-refractivity contribution in [2.45, 2.75) is 24.7 Å². The Hall–Kier alpha value is -2.14. The number of benzene rings is 1. The van der Waals surface area contributed by atoms with Crippen LogP contribution in [0, 0.1) is 5.41 Å². The molecule has 0 aliphatic rings. The third-order valence-electron chi connectivity index (χ3n) is 2.50. The Balaban J connectivity index is 0.00000118. The Morgan fingerprint density at radius 3 is 1.92 bits per heavy atom. The Labute approximate surface area is 141 Å². The van der Waals surface area contributed by atoms with E-state index in [1.54, 1.807) is 0 Å². The Morgan fingerprint density at radius 1 is 1.12 bits per heavy atom. The fraction of sp³-hybridized carbons (Fsp3) is 0.385. The molecule has 0 unspecified atom stereocenters. The summed E-state index contributed by atoms with van der Waals surface area (Å²) >= 11 is 0. The molecule has 0 spiro atoms. The summed E-state index contributed by atoms with van der Waals surface area (Å²) in [4.78, 5) is 11.6. The van der Waals surface area contributed by atoms with Crippen LogP contribution in [0.1, 0.15) is 35.7 Å². The van der Waals surface area contributed by atoms with Gasteiger partial charge in [-0.1, -0.05) is 19.9 Å². The van der Waals surface area contributed by atoms with E-state index in [2.05, 4.69) is 15.7 Å². The van der Waals surface area contributed by atoms with E-state index in [1.807, 2.05) is 13.8 Å². The molecule has 1 aromatic carbocycles. The van der Waals surface area contributed by atoms with Gasteiger partial charge in [-0.05, 0) is 23.6 Å². The number of hydrogen-bond donors (Lipinski definition) is 3. The van der Waals surface area contributed by atoms with Gasteiger partial charge >= 0.3 is 16.1 Å². The van der Waals surface area contributed by atoms with Crippen molar-refractivity contribution in [1.82, 2.24) is 0 Å². The first kappa shape index (κ1) is 21.9. The highest BCUT2D eigenvalue weighted by molar-refractivity contribution is 7.90.